The molecule has 0 amide bonds. The van der Waals surface area contributed by atoms with Gasteiger partial charge in [-0.2, -0.15) is 5.26 Å². The molecule has 0 aliphatic carbocycles. The number of methoxy groups -OCH3 is 2. The Bertz CT molecular complexity index is 1280. The summed E-state index contributed by atoms with van der Waals surface area (Å²) in [6, 6.07) is 12.9. The van der Waals surface area contributed by atoms with E-state index in [1.807, 2.05) is 25.1 Å². The number of furan rings is 1. The maximum absolute atomic E-state index is 13.6. The maximum Gasteiger partial charge on any atom is 0.258 e. The average molecular weight is 433 g/mol. The topological polar surface area (TPSA) is 113 Å². The second-order valence-corrected chi connectivity index (χ2v) is 7.40. The summed E-state index contributed by atoms with van der Waals surface area (Å²) in [4.78, 5) is 13.6. The summed E-state index contributed by atoms with van der Waals surface area (Å²) in [5, 5.41) is 9.67. The van der Waals surface area contributed by atoms with Crippen molar-refractivity contribution in [3.05, 3.63) is 87.1 Å². The molecular weight excluding hydrogens is 410 g/mol. The summed E-state index contributed by atoms with van der Waals surface area (Å²) in [6.07, 6.45) is 2.09. The van der Waals surface area contributed by atoms with E-state index < -0.39 is 5.92 Å². The molecule has 0 saturated heterocycles. The molecule has 0 radical (unpaired) electrons. The summed E-state index contributed by atoms with van der Waals surface area (Å²) in [7, 11) is 3.17. The molecule has 1 aromatic carbocycles. The van der Waals surface area contributed by atoms with E-state index in [0.717, 1.165) is 11.3 Å². The number of fused-ring (bicyclic) bond motifs is 1. The smallest absolute Gasteiger partial charge is 0.258 e. The summed E-state index contributed by atoms with van der Waals surface area (Å²) < 4.78 is 23.5. The number of aryl methyl sites for hydroxylation is 2. The van der Waals surface area contributed by atoms with Crippen molar-refractivity contribution in [1.82, 2.24) is 4.57 Å². The highest BCUT2D eigenvalue weighted by molar-refractivity contribution is 5.53. The number of aromatic nitrogens is 1. The second kappa shape index (κ2) is 8.55. The van der Waals surface area contributed by atoms with E-state index in [1.165, 1.54) is 6.26 Å². The first-order valence-electron chi connectivity index (χ1n) is 10.0. The Balaban J connectivity index is 1.74. The zero-order valence-corrected chi connectivity index (χ0v) is 18.0. The number of allylic oxidation sites excluding steroid dienone is 1. The van der Waals surface area contributed by atoms with Crippen LogP contribution in [-0.4, -0.2) is 18.8 Å². The Labute approximate surface area is 185 Å². The number of hydrogen-bond donors (Lipinski definition) is 1. The molecule has 0 saturated carbocycles. The highest BCUT2D eigenvalue weighted by Gasteiger charge is 2.36. The van der Waals surface area contributed by atoms with Crippen molar-refractivity contribution in [2.24, 2.45) is 5.73 Å². The van der Waals surface area contributed by atoms with Crippen LogP contribution in [0.25, 0.3) is 0 Å². The fourth-order valence-corrected chi connectivity index (χ4v) is 3.98. The third kappa shape index (κ3) is 3.58. The summed E-state index contributed by atoms with van der Waals surface area (Å²) in [6.45, 7) is 2.26. The van der Waals surface area contributed by atoms with Gasteiger partial charge in [0.25, 0.3) is 5.56 Å². The Kier molecular flexibility index (Phi) is 5.65. The van der Waals surface area contributed by atoms with E-state index in [-0.39, 0.29) is 17.0 Å². The molecule has 0 unspecified atom stereocenters. The molecule has 2 N–H and O–H groups in total. The van der Waals surface area contributed by atoms with E-state index in [2.05, 4.69) is 6.07 Å². The molecular formula is C24H23N3O5. The molecule has 8 nitrogen and oxygen atoms in total. The van der Waals surface area contributed by atoms with Crippen LogP contribution in [0.1, 0.15) is 28.5 Å². The van der Waals surface area contributed by atoms with E-state index in [9.17, 15) is 10.1 Å². The van der Waals surface area contributed by atoms with Gasteiger partial charge in [0.05, 0.1) is 32.0 Å². The molecule has 1 atom stereocenters. The van der Waals surface area contributed by atoms with Gasteiger partial charge in [-0.1, -0.05) is 6.07 Å². The third-order valence-corrected chi connectivity index (χ3v) is 5.59. The molecule has 3 aromatic rings. The number of benzene rings is 1. The fraction of sp³-hybridized carbons (Fsp3) is 0.250. The van der Waals surface area contributed by atoms with Crippen molar-refractivity contribution < 1.29 is 18.6 Å². The van der Waals surface area contributed by atoms with Gasteiger partial charge in [0.2, 0.25) is 5.88 Å². The Hall–Kier alpha value is -4.12. The zero-order valence-electron chi connectivity index (χ0n) is 18.0. The van der Waals surface area contributed by atoms with Gasteiger partial charge >= 0.3 is 0 Å². The lowest BCUT2D eigenvalue weighted by Gasteiger charge is -2.26. The number of pyridine rings is 1. The normalized spacial score (nSPS) is 15.0. The predicted molar refractivity (Wildman–Crippen MR) is 117 cm³/mol. The molecule has 8 heteroatoms. The standard InChI is InChI=1S/C24H23N3O5/c1-14-11-20-22(21(18-5-4-10-31-18)16(13-25)23(26)32-20)24(28)27(14)9-8-15-6-7-17(29-2)19(12-15)30-3/h4-7,10-12,21H,8-9,26H2,1-3H3/t21-/m0/s1. The molecule has 2 aromatic heterocycles. The van der Waals surface area contributed by atoms with Crippen molar-refractivity contribution >= 4 is 0 Å². The van der Waals surface area contributed by atoms with E-state index in [0.29, 0.717) is 41.5 Å². The highest BCUT2D eigenvalue weighted by atomic mass is 16.5. The minimum atomic E-state index is -0.723. The Morgan fingerprint density at radius 2 is 1.97 bits per heavy atom. The van der Waals surface area contributed by atoms with Gasteiger partial charge in [0, 0.05) is 18.3 Å². The van der Waals surface area contributed by atoms with Crippen LogP contribution in [0, 0.1) is 18.3 Å². The molecule has 32 heavy (non-hydrogen) atoms. The van der Waals surface area contributed by atoms with Crippen LogP contribution >= 0.6 is 0 Å². The third-order valence-electron chi connectivity index (χ3n) is 5.59. The van der Waals surface area contributed by atoms with Crippen LogP contribution in [0.5, 0.6) is 17.2 Å². The van der Waals surface area contributed by atoms with Crippen molar-refractivity contribution in [1.29, 1.82) is 5.26 Å². The van der Waals surface area contributed by atoms with Gasteiger partial charge < -0.3 is 28.9 Å². The second-order valence-electron chi connectivity index (χ2n) is 7.40. The fourth-order valence-electron chi connectivity index (χ4n) is 3.98. The summed E-state index contributed by atoms with van der Waals surface area (Å²) in [5.74, 6) is 1.33. The monoisotopic (exact) mass is 433 g/mol. The number of hydrogen-bond acceptors (Lipinski definition) is 7. The van der Waals surface area contributed by atoms with E-state index in [4.69, 9.17) is 24.4 Å². The van der Waals surface area contributed by atoms with Crippen molar-refractivity contribution in [3.8, 4) is 23.3 Å². The zero-order chi connectivity index (χ0) is 22.8. The van der Waals surface area contributed by atoms with Crippen LogP contribution in [-0.2, 0) is 13.0 Å². The maximum atomic E-state index is 13.6. The van der Waals surface area contributed by atoms with Crippen LogP contribution in [0.4, 0.5) is 0 Å². The number of nitriles is 1. The van der Waals surface area contributed by atoms with Gasteiger partial charge in [-0.15, -0.1) is 0 Å². The van der Waals surface area contributed by atoms with Crippen molar-refractivity contribution in [3.63, 3.8) is 0 Å². The van der Waals surface area contributed by atoms with Gasteiger partial charge in [-0.3, -0.25) is 4.79 Å². The van der Waals surface area contributed by atoms with Gasteiger partial charge in [-0.05, 0) is 43.2 Å². The summed E-state index contributed by atoms with van der Waals surface area (Å²) >= 11 is 0. The summed E-state index contributed by atoms with van der Waals surface area (Å²) in [5.41, 5.74) is 7.94. The van der Waals surface area contributed by atoms with Gasteiger partial charge in [-0.25, -0.2) is 0 Å². The highest BCUT2D eigenvalue weighted by Crippen LogP contribution is 2.40. The lowest BCUT2D eigenvalue weighted by molar-refractivity contribution is 0.354. The van der Waals surface area contributed by atoms with E-state index in [1.54, 1.807) is 37.0 Å². The number of nitrogens with zero attached hydrogens (tertiary/aromatic N) is 2. The predicted octanol–water partition coefficient (Wildman–Crippen LogP) is 3.23. The first-order valence-corrected chi connectivity index (χ1v) is 10.0. The molecule has 1 aliphatic rings. The molecule has 164 valence electrons. The van der Waals surface area contributed by atoms with Crippen LogP contribution in [0.15, 0.2) is 63.3 Å². The average Bonchev–Trinajstić information content (AvgIpc) is 3.32. The molecule has 4 rings (SSSR count). The molecule has 1 aliphatic heterocycles. The number of nitrogens with two attached hydrogens (primary N) is 1. The van der Waals surface area contributed by atoms with Gasteiger partial charge in [0.1, 0.15) is 23.2 Å². The lowest BCUT2D eigenvalue weighted by atomic mass is 9.88. The van der Waals surface area contributed by atoms with Crippen LogP contribution in [0.3, 0.4) is 0 Å². The Morgan fingerprint density at radius 3 is 2.62 bits per heavy atom. The minimum absolute atomic E-state index is 0.0247. The molecule has 0 fully saturated rings. The van der Waals surface area contributed by atoms with Crippen molar-refractivity contribution in [2.45, 2.75) is 25.8 Å². The first kappa shape index (κ1) is 21.1. The lowest BCUT2D eigenvalue weighted by Crippen LogP contribution is -2.33. The number of rotatable bonds is 6. The minimum Gasteiger partial charge on any atom is -0.493 e. The molecule has 0 bridgehead atoms. The molecule has 3 heterocycles. The van der Waals surface area contributed by atoms with Crippen molar-refractivity contribution in [2.75, 3.05) is 14.2 Å². The molecule has 0 spiro atoms. The Morgan fingerprint density at radius 1 is 1.19 bits per heavy atom. The van der Waals surface area contributed by atoms with Crippen LogP contribution in [0.2, 0.25) is 0 Å². The first-order chi connectivity index (χ1) is 15.5. The van der Waals surface area contributed by atoms with Crippen LogP contribution < -0.4 is 25.5 Å². The van der Waals surface area contributed by atoms with Gasteiger partial charge in [0.15, 0.2) is 11.5 Å². The van der Waals surface area contributed by atoms with E-state index >= 15 is 0 Å². The number of ether oxygens (including phenoxy) is 3. The SMILES string of the molecule is COc1ccc(CCn2c(C)cc3c(c2=O)[C@H](c2ccco2)C(C#N)=C(N)O3)cc1OC. The largest absolute Gasteiger partial charge is 0.493 e. The quantitative estimate of drug-likeness (QED) is 0.635.